The van der Waals surface area contributed by atoms with Gasteiger partial charge in [0.1, 0.15) is 4.34 Å². The fourth-order valence-corrected chi connectivity index (χ4v) is 5.30. The number of carbonyl (C=O) groups is 1. The Morgan fingerprint density at radius 3 is 2.59 bits per heavy atom. The molecule has 0 fully saturated rings. The lowest BCUT2D eigenvalue weighted by Crippen LogP contribution is -2.25. The van der Waals surface area contributed by atoms with Crippen molar-refractivity contribution in [3.63, 3.8) is 0 Å². The van der Waals surface area contributed by atoms with E-state index in [1.54, 1.807) is 12.3 Å². The van der Waals surface area contributed by atoms with Crippen LogP contribution in [0.1, 0.15) is 21.5 Å². The van der Waals surface area contributed by atoms with Crippen LogP contribution in [-0.2, 0) is 0 Å². The van der Waals surface area contributed by atoms with Crippen molar-refractivity contribution in [3.8, 4) is 0 Å². The first-order chi connectivity index (χ1) is 13.9. The van der Waals surface area contributed by atoms with Crippen LogP contribution in [0.5, 0.6) is 0 Å². The molecule has 0 bridgehead atoms. The number of fused-ring (bicyclic) bond motifs is 1. The SMILES string of the molecule is Cc1ccc2nc(N(/N=C/c3ccc(Br)cc3)C(=O)c3cc(Cl)sc3Cl)sc2c1. The van der Waals surface area contributed by atoms with Gasteiger partial charge in [0.25, 0.3) is 5.91 Å². The number of anilines is 1. The monoisotopic (exact) mass is 523 g/mol. The Balaban J connectivity index is 1.77. The summed E-state index contributed by atoms with van der Waals surface area (Å²) in [5, 5.41) is 6.16. The van der Waals surface area contributed by atoms with E-state index >= 15 is 0 Å². The maximum absolute atomic E-state index is 13.2. The Hall–Kier alpha value is -1.77. The molecule has 4 nitrogen and oxygen atoms in total. The largest absolute Gasteiger partial charge is 0.283 e. The van der Waals surface area contributed by atoms with Crippen molar-refractivity contribution in [3.05, 3.63) is 78.4 Å². The van der Waals surface area contributed by atoms with Crippen LogP contribution in [0.2, 0.25) is 8.67 Å². The zero-order valence-corrected chi connectivity index (χ0v) is 19.6. The van der Waals surface area contributed by atoms with Crippen LogP contribution in [-0.4, -0.2) is 17.1 Å². The number of aryl methyl sites for hydroxylation is 1. The van der Waals surface area contributed by atoms with Crippen molar-refractivity contribution < 1.29 is 4.79 Å². The standard InChI is InChI=1S/C20H12BrCl2N3OS2/c1-11-2-7-15-16(8-11)28-20(25-15)26(19(27)14-9-17(22)29-18(14)23)24-10-12-3-5-13(21)6-4-12/h2-10H,1H3/b24-10+. The summed E-state index contributed by atoms with van der Waals surface area (Å²) in [6, 6.07) is 15.1. The smallest absolute Gasteiger partial charge is 0.267 e. The Labute approximate surface area is 193 Å². The fourth-order valence-electron chi connectivity index (χ4n) is 2.57. The second-order valence-electron chi connectivity index (χ2n) is 6.12. The molecule has 146 valence electrons. The number of nitrogens with zero attached hydrogens (tertiary/aromatic N) is 3. The van der Waals surface area contributed by atoms with Crippen LogP contribution in [0.3, 0.4) is 0 Å². The number of hydrogen-bond acceptors (Lipinski definition) is 5. The highest BCUT2D eigenvalue weighted by Gasteiger charge is 2.24. The number of amides is 1. The molecule has 0 saturated carbocycles. The average Bonchev–Trinajstić information content (AvgIpc) is 3.25. The van der Waals surface area contributed by atoms with Gasteiger partial charge in [0.05, 0.1) is 26.3 Å². The molecular formula is C20H12BrCl2N3OS2. The van der Waals surface area contributed by atoms with E-state index in [0.29, 0.717) is 19.4 Å². The molecule has 0 unspecified atom stereocenters. The summed E-state index contributed by atoms with van der Waals surface area (Å²) < 4.78 is 2.70. The molecule has 4 aromatic rings. The summed E-state index contributed by atoms with van der Waals surface area (Å²) in [6.45, 7) is 2.01. The molecular weight excluding hydrogens is 513 g/mol. The number of rotatable bonds is 4. The zero-order valence-electron chi connectivity index (χ0n) is 14.9. The third-order valence-corrected chi connectivity index (χ3v) is 7.00. The minimum absolute atomic E-state index is 0.296. The maximum Gasteiger partial charge on any atom is 0.283 e. The van der Waals surface area contributed by atoms with Crippen molar-refractivity contribution in [1.82, 2.24) is 4.98 Å². The summed E-state index contributed by atoms with van der Waals surface area (Å²) in [5.74, 6) is -0.387. The number of benzene rings is 2. The molecule has 2 aromatic heterocycles. The number of aromatic nitrogens is 1. The van der Waals surface area contributed by atoms with Crippen LogP contribution in [0.15, 0.2) is 58.1 Å². The lowest BCUT2D eigenvalue weighted by atomic mass is 10.2. The van der Waals surface area contributed by atoms with Crippen molar-refractivity contribution in [2.75, 3.05) is 5.01 Å². The van der Waals surface area contributed by atoms with E-state index in [4.69, 9.17) is 23.2 Å². The van der Waals surface area contributed by atoms with Gasteiger partial charge >= 0.3 is 0 Å². The number of hydrogen-bond donors (Lipinski definition) is 0. The van der Waals surface area contributed by atoms with Gasteiger partial charge in [0, 0.05) is 4.47 Å². The number of hydrazone groups is 1. The van der Waals surface area contributed by atoms with Gasteiger partial charge in [-0.15, -0.1) is 11.3 Å². The first-order valence-corrected chi connectivity index (χ1v) is 11.5. The number of thiazole rings is 1. The molecule has 0 radical (unpaired) electrons. The van der Waals surface area contributed by atoms with Crippen molar-refractivity contribution >= 4 is 89.3 Å². The van der Waals surface area contributed by atoms with E-state index in [1.807, 2.05) is 49.4 Å². The normalized spacial score (nSPS) is 11.4. The maximum atomic E-state index is 13.2. The van der Waals surface area contributed by atoms with Gasteiger partial charge in [0.2, 0.25) is 5.13 Å². The lowest BCUT2D eigenvalue weighted by molar-refractivity contribution is 0.0988. The second kappa shape index (κ2) is 8.53. The van der Waals surface area contributed by atoms with Gasteiger partial charge < -0.3 is 0 Å². The summed E-state index contributed by atoms with van der Waals surface area (Å²) in [7, 11) is 0. The summed E-state index contributed by atoms with van der Waals surface area (Å²) >= 11 is 18.2. The molecule has 0 saturated heterocycles. The fraction of sp³-hybridized carbons (Fsp3) is 0.0500. The number of carbonyl (C=O) groups excluding carboxylic acids is 1. The molecule has 4 rings (SSSR count). The average molecular weight is 525 g/mol. The van der Waals surface area contributed by atoms with Gasteiger partial charge in [-0.3, -0.25) is 4.79 Å². The van der Waals surface area contributed by atoms with E-state index < -0.39 is 0 Å². The Morgan fingerprint density at radius 2 is 1.90 bits per heavy atom. The van der Waals surface area contributed by atoms with E-state index in [1.165, 1.54) is 16.3 Å². The lowest BCUT2D eigenvalue weighted by Gasteiger charge is -2.13. The first-order valence-electron chi connectivity index (χ1n) is 8.37. The molecule has 1 amide bonds. The van der Waals surface area contributed by atoms with Crippen LogP contribution in [0.25, 0.3) is 10.2 Å². The molecule has 2 heterocycles. The zero-order chi connectivity index (χ0) is 20.5. The second-order valence-corrected chi connectivity index (χ2v) is 10.3. The van der Waals surface area contributed by atoms with Gasteiger partial charge in [-0.1, -0.05) is 68.7 Å². The Bertz CT molecular complexity index is 1230. The molecule has 0 spiro atoms. The Kier molecular flexibility index (Phi) is 6.03. The van der Waals surface area contributed by atoms with E-state index in [2.05, 4.69) is 26.0 Å². The minimum atomic E-state index is -0.387. The van der Waals surface area contributed by atoms with Gasteiger partial charge in [-0.2, -0.15) is 10.1 Å². The summed E-state index contributed by atoms with van der Waals surface area (Å²) in [4.78, 5) is 17.8. The predicted molar refractivity (Wildman–Crippen MR) is 127 cm³/mol. The molecule has 0 atom stereocenters. The molecule has 2 aromatic carbocycles. The minimum Gasteiger partial charge on any atom is -0.267 e. The third kappa shape index (κ3) is 4.54. The molecule has 0 aliphatic carbocycles. The first kappa shape index (κ1) is 20.5. The van der Waals surface area contributed by atoms with Crippen LogP contribution >= 0.6 is 61.8 Å². The van der Waals surface area contributed by atoms with Gasteiger partial charge in [0.15, 0.2) is 0 Å². The number of thiophene rings is 1. The molecule has 0 N–H and O–H groups in total. The van der Waals surface area contributed by atoms with Crippen LogP contribution in [0.4, 0.5) is 5.13 Å². The number of halogens is 3. The van der Waals surface area contributed by atoms with Crippen LogP contribution in [0, 0.1) is 6.92 Å². The van der Waals surface area contributed by atoms with E-state index in [0.717, 1.165) is 37.2 Å². The predicted octanol–water partition coefficient (Wildman–Crippen LogP) is 7.42. The molecule has 0 aliphatic heterocycles. The van der Waals surface area contributed by atoms with Crippen molar-refractivity contribution in [1.29, 1.82) is 0 Å². The van der Waals surface area contributed by atoms with Crippen molar-refractivity contribution in [2.24, 2.45) is 5.10 Å². The van der Waals surface area contributed by atoms with Crippen molar-refractivity contribution in [2.45, 2.75) is 6.92 Å². The summed E-state index contributed by atoms with van der Waals surface area (Å²) in [6.07, 6.45) is 1.61. The van der Waals surface area contributed by atoms with Gasteiger partial charge in [-0.05, 0) is 48.4 Å². The molecule has 9 heteroatoms. The van der Waals surface area contributed by atoms with Gasteiger partial charge in [-0.25, -0.2) is 4.98 Å². The topological polar surface area (TPSA) is 45.6 Å². The highest BCUT2D eigenvalue weighted by atomic mass is 79.9. The third-order valence-electron chi connectivity index (χ3n) is 3.99. The van der Waals surface area contributed by atoms with E-state index in [9.17, 15) is 4.79 Å². The summed E-state index contributed by atoms with van der Waals surface area (Å²) in [5.41, 5.74) is 3.07. The highest BCUT2D eigenvalue weighted by molar-refractivity contribution is 9.10. The van der Waals surface area contributed by atoms with E-state index in [-0.39, 0.29) is 5.91 Å². The molecule has 0 aliphatic rings. The Morgan fingerprint density at radius 1 is 1.14 bits per heavy atom. The highest BCUT2D eigenvalue weighted by Crippen LogP contribution is 2.35. The molecule has 29 heavy (non-hydrogen) atoms. The quantitative estimate of drug-likeness (QED) is 0.206. The van der Waals surface area contributed by atoms with Crippen LogP contribution < -0.4 is 5.01 Å².